The Labute approximate surface area is 89.2 Å². The second-order valence-electron chi connectivity index (χ2n) is 3.98. The molecule has 2 heterocycles. The van der Waals surface area contributed by atoms with E-state index in [4.69, 9.17) is 9.26 Å². The van der Waals surface area contributed by atoms with Gasteiger partial charge >= 0.3 is 0 Å². The highest BCUT2D eigenvalue weighted by Gasteiger charge is 2.37. The van der Waals surface area contributed by atoms with E-state index in [0.29, 0.717) is 18.3 Å². The maximum atomic E-state index is 5.63. The van der Waals surface area contributed by atoms with Crippen LogP contribution in [0.25, 0.3) is 0 Å². The minimum absolute atomic E-state index is 0.364. The van der Waals surface area contributed by atoms with Gasteiger partial charge in [-0.3, -0.25) is 0 Å². The van der Waals surface area contributed by atoms with E-state index in [-0.39, 0.29) is 5.60 Å². The second kappa shape index (κ2) is 4.28. The van der Waals surface area contributed by atoms with Gasteiger partial charge in [-0.05, 0) is 26.3 Å². The van der Waals surface area contributed by atoms with Crippen molar-refractivity contribution in [3.63, 3.8) is 0 Å². The van der Waals surface area contributed by atoms with Crippen molar-refractivity contribution in [2.45, 2.75) is 38.8 Å². The fourth-order valence-corrected chi connectivity index (χ4v) is 1.73. The predicted octanol–water partition coefficient (Wildman–Crippen LogP) is 1.20. The Morgan fingerprint density at radius 1 is 1.53 bits per heavy atom. The summed E-state index contributed by atoms with van der Waals surface area (Å²) in [4.78, 5) is 4.34. The molecular formula is C10H17N3O2. The summed E-state index contributed by atoms with van der Waals surface area (Å²) in [6.07, 6.45) is 2.01. The number of rotatable bonds is 4. The number of nitrogens with zero attached hydrogens (tertiary/aromatic N) is 2. The number of aromatic nitrogens is 2. The van der Waals surface area contributed by atoms with Crippen molar-refractivity contribution in [1.29, 1.82) is 0 Å². The van der Waals surface area contributed by atoms with Gasteiger partial charge in [-0.25, -0.2) is 0 Å². The molecule has 1 N–H and O–H groups in total. The monoisotopic (exact) mass is 211 g/mol. The fraction of sp³-hybridized carbons (Fsp3) is 0.800. The first-order valence-corrected chi connectivity index (χ1v) is 5.42. The van der Waals surface area contributed by atoms with Crippen LogP contribution < -0.4 is 5.32 Å². The lowest BCUT2D eigenvalue weighted by Gasteiger charge is -2.16. The topological polar surface area (TPSA) is 60.2 Å². The van der Waals surface area contributed by atoms with Crippen LogP contribution >= 0.6 is 0 Å². The summed E-state index contributed by atoms with van der Waals surface area (Å²) in [6.45, 7) is 6.38. The zero-order chi connectivity index (χ0) is 10.7. The standard InChI is InChI=1S/C10H17N3O2/c1-3-11-7-8-12-9(15-13-8)10(2)5-4-6-14-10/h11H,3-7H2,1-2H3. The molecule has 84 valence electrons. The molecule has 1 atom stereocenters. The first-order chi connectivity index (χ1) is 7.24. The van der Waals surface area contributed by atoms with Crippen molar-refractivity contribution in [2.24, 2.45) is 0 Å². The van der Waals surface area contributed by atoms with Gasteiger partial charge < -0.3 is 14.6 Å². The Kier molecular flexibility index (Phi) is 3.02. The first-order valence-electron chi connectivity index (χ1n) is 5.42. The smallest absolute Gasteiger partial charge is 0.258 e. The summed E-state index contributed by atoms with van der Waals surface area (Å²) in [5.74, 6) is 1.30. The van der Waals surface area contributed by atoms with Gasteiger partial charge in [0, 0.05) is 6.61 Å². The average molecular weight is 211 g/mol. The molecule has 0 spiro atoms. The molecule has 2 rings (SSSR count). The van der Waals surface area contributed by atoms with E-state index < -0.39 is 0 Å². The van der Waals surface area contributed by atoms with Crippen molar-refractivity contribution in [1.82, 2.24) is 15.5 Å². The van der Waals surface area contributed by atoms with E-state index >= 15 is 0 Å². The Hall–Kier alpha value is -0.940. The van der Waals surface area contributed by atoms with Gasteiger partial charge in [0.2, 0.25) is 0 Å². The minimum atomic E-state index is -0.364. The summed E-state index contributed by atoms with van der Waals surface area (Å²) in [6, 6.07) is 0. The van der Waals surface area contributed by atoms with E-state index in [0.717, 1.165) is 26.0 Å². The third-order valence-electron chi connectivity index (χ3n) is 2.67. The Bertz CT molecular complexity index is 318. The van der Waals surface area contributed by atoms with Crippen molar-refractivity contribution >= 4 is 0 Å². The molecule has 5 heteroatoms. The summed E-state index contributed by atoms with van der Waals surface area (Å²) < 4.78 is 10.9. The van der Waals surface area contributed by atoms with Gasteiger partial charge in [0.05, 0.1) is 6.54 Å². The molecule has 1 fully saturated rings. The van der Waals surface area contributed by atoms with Crippen LogP contribution in [0.1, 0.15) is 38.4 Å². The molecule has 1 unspecified atom stereocenters. The van der Waals surface area contributed by atoms with Gasteiger partial charge in [-0.2, -0.15) is 4.98 Å². The second-order valence-corrected chi connectivity index (χ2v) is 3.98. The molecule has 5 nitrogen and oxygen atoms in total. The van der Waals surface area contributed by atoms with Gasteiger partial charge in [0.25, 0.3) is 5.89 Å². The van der Waals surface area contributed by atoms with E-state index in [1.54, 1.807) is 0 Å². The Morgan fingerprint density at radius 2 is 2.40 bits per heavy atom. The van der Waals surface area contributed by atoms with Crippen LogP contribution in [0.15, 0.2) is 4.52 Å². The minimum Gasteiger partial charge on any atom is -0.365 e. The molecule has 1 saturated heterocycles. The quantitative estimate of drug-likeness (QED) is 0.811. The van der Waals surface area contributed by atoms with Crippen molar-refractivity contribution in [3.05, 3.63) is 11.7 Å². The van der Waals surface area contributed by atoms with Gasteiger partial charge in [0.15, 0.2) is 5.82 Å². The van der Waals surface area contributed by atoms with Crippen molar-refractivity contribution in [3.8, 4) is 0 Å². The van der Waals surface area contributed by atoms with E-state index in [1.165, 1.54) is 0 Å². The summed E-state index contributed by atoms with van der Waals surface area (Å²) in [5.41, 5.74) is -0.364. The number of hydrogen-bond acceptors (Lipinski definition) is 5. The van der Waals surface area contributed by atoms with Crippen LogP contribution in [0.2, 0.25) is 0 Å². The van der Waals surface area contributed by atoms with Gasteiger partial charge in [-0.15, -0.1) is 0 Å². The molecule has 0 saturated carbocycles. The van der Waals surface area contributed by atoms with Crippen molar-refractivity contribution < 1.29 is 9.26 Å². The third kappa shape index (κ3) is 2.18. The molecule has 1 aliphatic heterocycles. The van der Waals surface area contributed by atoms with Crippen LogP contribution in [0.4, 0.5) is 0 Å². The van der Waals surface area contributed by atoms with Crippen LogP contribution in [0, 0.1) is 0 Å². The fourth-order valence-electron chi connectivity index (χ4n) is 1.73. The average Bonchev–Trinajstić information content (AvgIpc) is 2.84. The molecule has 0 radical (unpaired) electrons. The molecule has 1 aromatic rings. The van der Waals surface area contributed by atoms with Crippen LogP contribution in [0.3, 0.4) is 0 Å². The molecule has 0 bridgehead atoms. The highest BCUT2D eigenvalue weighted by molar-refractivity contribution is 4.99. The summed E-state index contributed by atoms with van der Waals surface area (Å²) >= 11 is 0. The van der Waals surface area contributed by atoms with Crippen LogP contribution in [0.5, 0.6) is 0 Å². The summed E-state index contributed by atoms with van der Waals surface area (Å²) in [5, 5.41) is 7.07. The van der Waals surface area contributed by atoms with E-state index in [1.807, 2.05) is 13.8 Å². The van der Waals surface area contributed by atoms with Crippen molar-refractivity contribution in [2.75, 3.05) is 13.2 Å². The lowest BCUT2D eigenvalue weighted by atomic mass is 10.0. The van der Waals surface area contributed by atoms with Gasteiger partial charge in [-0.1, -0.05) is 12.1 Å². The third-order valence-corrected chi connectivity index (χ3v) is 2.67. The maximum Gasteiger partial charge on any atom is 0.258 e. The van der Waals surface area contributed by atoms with E-state index in [2.05, 4.69) is 15.5 Å². The normalized spacial score (nSPS) is 26.0. The Balaban J connectivity index is 2.05. The van der Waals surface area contributed by atoms with Crippen LogP contribution in [-0.2, 0) is 16.9 Å². The number of nitrogens with one attached hydrogen (secondary N) is 1. The largest absolute Gasteiger partial charge is 0.365 e. The molecule has 0 aromatic carbocycles. The number of ether oxygens (including phenoxy) is 1. The Morgan fingerprint density at radius 3 is 3.07 bits per heavy atom. The molecule has 0 amide bonds. The SMILES string of the molecule is CCNCc1noc(C2(C)CCCO2)n1. The first kappa shape index (κ1) is 10.6. The zero-order valence-corrected chi connectivity index (χ0v) is 9.25. The highest BCUT2D eigenvalue weighted by atomic mass is 16.5. The lowest BCUT2D eigenvalue weighted by molar-refractivity contribution is -0.00937. The van der Waals surface area contributed by atoms with Crippen LogP contribution in [-0.4, -0.2) is 23.3 Å². The predicted molar refractivity (Wildman–Crippen MR) is 54.2 cm³/mol. The molecule has 1 aromatic heterocycles. The highest BCUT2D eigenvalue weighted by Crippen LogP contribution is 2.34. The van der Waals surface area contributed by atoms with E-state index in [9.17, 15) is 0 Å². The number of hydrogen-bond donors (Lipinski definition) is 1. The summed E-state index contributed by atoms with van der Waals surface area (Å²) in [7, 11) is 0. The van der Waals surface area contributed by atoms with Gasteiger partial charge in [0.1, 0.15) is 5.60 Å². The molecule has 15 heavy (non-hydrogen) atoms. The zero-order valence-electron chi connectivity index (χ0n) is 9.25. The molecular weight excluding hydrogens is 194 g/mol. The molecule has 0 aliphatic carbocycles. The maximum absolute atomic E-state index is 5.63. The lowest BCUT2D eigenvalue weighted by Crippen LogP contribution is -2.20. The molecule has 1 aliphatic rings.